The smallest absolute Gasteiger partial charge is 0.177 e. The zero-order valence-corrected chi connectivity index (χ0v) is 11.8. The van der Waals surface area contributed by atoms with E-state index in [0.717, 1.165) is 18.4 Å². The highest BCUT2D eigenvalue weighted by Gasteiger charge is 2.33. The molecule has 1 aliphatic heterocycles. The lowest BCUT2D eigenvalue weighted by atomic mass is 10.0. The summed E-state index contributed by atoms with van der Waals surface area (Å²) < 4.78 is 29.2. The van der Waals surface area contributed by atoms with Gasteiger partial charge < -0.3 is 10.5 Å². The molecule has 1 fully saturated rings. The third-order valence-corrected chi connectivity index (χ3v) is 4.43. The van der Waals surface area contributed by atoms with Gasteiger partial charge in [0.1, 0.15) is 0 Å². The van der Waals surface area contributed by atoms with E-state index in [1.807, 2.05) is 19.9 Å². The Balaban J connectivity index is 2.37. The van der Waals surface area contributed by atoms with E-state index in [-0.39, 0.29) is 16.6 Å². The highest BCUT2D eigenvalue weighted by Crippen LogP contribution is 2.39. The number of anilines is 1. The second-order valence-corrected chi connectivity index (χ2v) is 7.46. The monoisotopic (exact) mass is 269 g/mol. The summed E-state index contributed by atoms with van der Waals surface area (Å²) in [6, 6.07) is 5.12. The molecule has 2 N–H and O–H groups in total. The van der Waals surface area contributed by atoms with E-state index in [9.17, 15) is 8.42 Å². The van der Waals surface area contributed by atoms with Gasteiger partial charge in [-0.2, -0.15) is 0 Å². The summed E-state index contributed by atoms with van der Waals surface area (Å²) in [5.41, 5.74) is 6.74. The maximum Gasteiger partial charge on any atom is 0.177 e. The first-order valence-corrected chi connectivity index (χ1v) is 7.85. The second kappa shape index (κ2) is 4.24. The molecule has 1 aliphatic rings. The Morgan fingerprint density at radius 3 is 2.56 bits per heavy atom. The minimum Gasteiger partial charge on any atom is -0.398 e. The van der Waals surface area contributed by atoms with Crippen LogP contribution in [0.25, 0.3) is 0 Å². The molecule has 0 bridgehead atoms. The van der Waals surface area contributed by atoms with E-state index < -0.39 is 9.84 Å². The molecule has 1 atom stereocenters. The predicted molar refractivity (Wildman–Crippen MR) is 71.1 cm³/mol. The molecule has 1 aromatic rings. The third kappa shape index (κ3) is 2.67. The normalized spacial score (nSPS) is 23.2. The van der Waals surface area contributed by atoms with Crippen LogP contribution in [0.4, 0.5) is 5.69 Å². The van der Waals surface area contributed by atoms with Crippen molar-refractivity contribution in [1.29, 1.82) is 0 Å². The summed E-state index contributed by atoms with van der Waals surface area (Å²) in [4.78, 5) is 0.188. The standard InChI is InChI=1S/C13H19NO3S/c1-13(2)7-6-11(17-13)9-4-5-10(14)12(8-9)18(3,15)16/h4-5,8,11H,6-7,14H2,1-3H3/t11-/m1/s1. The Morgan fingerprint density at radius 2 is 2.06 bits per heavy atom. The summed E-state index contributed by atoms with van der Waals surface area (Å²) in [6.45, 7) is 4.09. The Morgan fingerprint density at radius 1 is 1.39 bits per heavy atom. The van der Waals surface area contributed by atoms with Gasteiger partial charge in [-0.05, 0) is 44.4 Å². The van der Waals surface area contributed by atoms with E-state index in [1.54, 1.807) is 12.1 Å². The van der Waals surface area contributed by atoms with Gasteiger partial charge in [-0.1, -0.05) is 6.07 Å². The number of nitrogens with two attached hydrogens (primary N) is 1. The highest BCUT2D eigenvalue weighted by atomic mass is 32.2. The minimum atomic E-state index is -3.29. The lowest BCUT2D eigenvalue weighted by Gasteiger charge is -2.20. The van der Waals surface area contributed by atoms with E-state index in [2.05, 4.69) is 0 Å². The van der Waals surface area contributed by atoms with Crippen LogP contribution in [0.3, 0.4) is 0 Å². The van der Waals surface area contributed by atoms with Crippen LogP contribution in [0.15, 0.2) is 23.1 Å². The Bertz CT molecular complexity index is 564. The maximum atomic E-state index is 11.6. The van der Waals surface area contributed by atoms with Gasteiger partial charge in [-0.25, -0.2) is 8.42 Å². The molecule has 18 heavy (non-hydrogen) atoms. The number of hydrogen-bond acceptors (Lipinski definition) is 4. The number of benzene rings is 1. The molecule has 1 saturated heterocycles. The zero-order chi connectivity index (χ0) is 13.6. The van der Waals surface area contributed by atoms with Crippen LogP contribution in [0.1, 0.15) is 38.4 Å². The van der Waals surface area contributed by atoms with Gasteiger partial charge in [0.25, 0.3) is 0 Å². The van der Waals surface area contributed by atoms with Crippen molar-refractivity contribution in [1.82, 2.24) is 0 Å². The fourth-order valence-corrected chi connectivity index (χ4v) is 3.14. The van der Waals surface area contributed by atoms with Crippen molar-refractivity contribution >= 4 is 15.5 Å². The van der Waals surface area contributed by atoms with Crippen molar-refractivity contribution in [3.05, 3.63) is 23.8 Å². The average molecular weight is 269 g/mol. The van der Waals surface area contributed by atoms with Gasteiger partial charge in [0.15, 0.2) is 9.84 Å². The van der Waals surface area contributed by atoms with Crippen LogP contribution < -0.4 is 5.73 Å². The topological polar surface area (TPSA) is 69.4 Å². The average Bonchev–Trinajstić information content (AvgIpc) is 2.58. The molecule has 4 nitrogen and oxygen atoms in total. The van der Waals surface area contributed by atoms with Crippen LogP contribution in [-0.4, -0.2) is 20.3 Å². The Kier molecular flexibility index (Phi) is 3.15. The van der Waals surface area contributed by atoms with Crippen molar-refractivity contribution in [2.24, 2.45) is 0 Å². The van der Waals surface area contributed by atoms with Crippen LogP contribution in [0, 0.1) is 0 Å². The van der Waals surface area contributed by atoms with E-state index in [1.165, 1.54) is 6.26 Å². The summed E-state index contributed by atoms with van der Waals surface area (Å²) in [7, 11) is -3.29. The van der Waals surface area contributed by atoms with Crippen molar-refractivity contribution in [2.75, 3.05) is 12.0 Å². The predicted octanol–water partition coefficient (Wildman–Crippen LogP) is 2.30. The third-order valence-electron chi connectivity index (χ3n) is 3.28. The van der Waals surface area contributed by atoms with Gasteiger partial charge in [-0.15, -0.1) is 0 Å². The molecule has 0 saturated carbocycles. The molecule has 1 heterocycles. The first-order valence-electron chi connectivity index (χ1n) is 5.96. The van der Waals surface area contributed by atoms with Crippen LogP contribution in [-0.2, 0) is 14.6 Å². The van der Waals surface area contributed by atoms with Gasteiger partial charge in [-0.3, -0.25) is 0 Å². The van der Waals surface area contributed by atoms with Gasteiger partial charge in [0.05, 0.1) is 22.3 Å². The molecule has 0 amide bonds. The highest BCUT2D eigenvalue weighted by molar-refractivity contribution is 7.90. The Hall–Kier alpha value is -1.07. The number of nitrogen functional groups attached to an aromatic ring is 1. The van der Waals surface area contributed by atoms with Crippen molar-refractivity contribution in [3.8, 4) is 0 Å². The number of sulfone groups is 1. The molecular formula is C13H19NO3S. The second-order valence-electron chi connectivity index (χ2n) is 5.47. The lowest BCUT2D eigenvalue weighted by molar-refractivity contribution is -0.0164. The summed E-state index contributed by atoms with van der Waals surface area (Å²) >= 11 is 0. The molecule has 0 radical (unpaired) electrons. The number of ether oxygens (including phenoxy) is 1. The van der Waals surface area contributed by atoms with Crippen LogP contribution in [0.5, 0.6) is 0 Å². The fraction of sp³-hybridized carbons (Fsp3) is 0.538. The van der Waals surface area contributed by atoms with E-state index in [0.29, 0.717) is 5.69 Å². The molecule has 0 unspecified atom stereocenters. The van der Waals surface area contributed by atoms with Gasteiger partial charge >= 0.3 is 0 Å². The molecule has 5 heteroatoms. The molecular weight excluding hydrogens is 250 g/mol. The summed E-state index contributed by atoms with van der Waals surface area (Å²) in [6.07, 6.45) is 3.00. The summed E-state index contributed by atoms with van der Waals surface area (Å²) in [5.74, 6) is 0. The minimum absolute atomic E-state index is 0.0406. The Labute approximate surface area is 108 Å². The van der Waals surface area contributed by atoms with Crippen molar-refractivity contribution in [3.63, 3.8) is 0 Å². The van der Waals surface area contributed by atoms with Crippen LogP contribution in [0.2, 0.25) is 0 Å². The maximum absolute atomic E-state index is 11.6. The largest absolute Gasteiger partial charge is 0.398 e. The molecule has 2 rings (SSSR count). The van der Waals surface area contributed by atoms with Crippen molar-refractivity contribution < 1.29 is 13.2 Å². The first kappa shape index (κ1) is 13.4. The van der Waals surface area contributed by atoms with Gasteiger partial charge in [0.2, 0.25) is 0 Å². The first-order chi connectivity index (χ1) is 8.19. The zero-order valence-electron chi connectivity index (χ0n) is 10.9. The molecule has 100 valence electrons. The molecule has 0 aliphatic carbocycles. The summed E-state index contributed by atoms with van der Waals surface area (Å²) in [5, 5.41) is 0. The molecule has 0 spiro atoms. The van der Waals surface area contributed by atoms with Crippen LogP contribution >= 0.6 is 0 Å². The van der Waals surface area contributed by atoms with E-state index >= 15 is 0 Å². The quantitative estimate of drug-likeness (QED) is 0.836. The molecule has 0 aromatic heterocycles. The van der Waals surface area contributed by atoms with Gasteiger partial charge in [0, 0.05) is 6.26 Å². The fourth-order valence-electron chi connectivity index (χ4n) is 2.29. The SMILES string of the molecule is CC1(C)CC[C@H](c2ccc(N)c(S(C)(=O)=O)c2)O1. The lowest BCUT2D eigenvalue weighted by Crippen LogP contribution is -2.17. The van der Waals surface area contributed by atoms with Crippen molar-refractivity contribution in [2.45, 2.75) is 43.3 Å². The van der Waals surface area contributed by atoms with E-state index in [4.69, 9.17) is 10.5 Å². The number of rotatable bonds is 2. The molecule has 1 aromatic carbocycles. The number of hydrogen-bond donors (Lipinski definition) is 1.